The molecule has 0 atom stereocenters. The van der Waals surface area contributed by atoms with Crippen molar-refractivity contribution in [3.8, 4) is 0 Å². The lowest BCUT2D eigenvalue weighted by atomic mass is 10.2. The molecular weight excluding hydrogens is 360 g/mol. The van der Waals surface area contributed by atoms with Crippen LogP contribution in [0.25, 0.3) is 0 Å². The van der Waals surface area contributed by atoms with E-state index in [-0.39, 0.29) is 15.7 Å². The Morgan fingerprint density at radius 1 is 1.19 bits per heavy atom. The summed E-state index contributed by atoms with van der Waals surface area (Å²) in [5, 5.41) is 2.84. The number of nitrogens with zero attached hydrogens (tertiary/aromatic N) is 1. The summed E-state index contributed by atoms with van der Waals surface area (Å²) in [5.74, 6) is 0.145. The van der Waals surface area contributed by atoms with E-state index in [0.717, 1.165) is 24.1 Å². The number of unbranched alkanes of at least 4 members (excludes halogenated alkanes) is 1. The Kier molecular flexibility index (Phi) is 6.65. The molecule has 1 N–H and O–H groups in total. The summed E-state index contributed by atoms with van der Waals surface area (Å²) >= 11 is 0. The summed E-state index contributed by atoms with van der Waals surface area (Å²) in [5.41, 5.74) is 2.42. The van der Waals surface area contributed by atoms with Gasteiger partial charge in [0, 0.05) is 18.7 Å². The largest absolute Gasteiger partial charge is 0.327 e. The molecule has 0 aliphatic rings. The Hall–Kier alpha value is -2.34. The van der Waals surface area contributed by atoms with Crippen molar-refractivity contribution in [3.05, 3.63) is 53.7 Å². The van der Waals surface area contributed by atoms with Gasteiger partial charge in [0.15, 0.2) is 0 Å². The van der Waals surface area contributed by atoms with Crippen molar-refractivity contribution in [3.63, 3.8) is 0 Å². The molecule has 1 amide bonds. The van der Waals surface area contributed by atoms with Gasteiger partial charge in [-0.1, -0.05) is 37.1 Å². The van der Waals surface area contributed by atoms with Crippen molar-refractivity contribution in [1.29, 1.82) is 0 Å². The van der Waals surface area contributed by atoms with Crippen LogP contribution in [0.5, 0.6) is 0 Å². The summed E-state index contributed by atoms with van der Waals surface area (Å²) in [7, 11) is -3.77. The van der Waals surface area contributed by atoms with Gasteiger partial charge < -0.3 is 9.88 Å². The first kappa shape index (κ1) is 21.0. The number of nitrogens with one attached hydrogen (secondary N) is 1. The Morgan fingerprint density at radius 2 is 1.81 bits per heavy atom. The molecule has 0 fully saturated rings. The lowest BCUT2D eigenvalue weighted by molar-refractivity contribution is -0.116. The minimum absolute atomic E-state index is 0.163. The molecule has 1 aromatic heterocycles. The molecule has 0 saturated carbocycles. The van der Waals surface area contributed by atoms with Crippen LogP contribution in [0.1, 0.15) is 43.0 Å². The van der Waals surface area contributed by atoms with Gasteiger partial charge in [0.2, 0.25) is 15.7 Å². The molecule has 0 aliphatic carbocycles. The van der Waals surface area contributed by atoms with Gasteiger partial charge in [0.1, 0.15) is 10.7 Å². The maximum absolute atomic E-state index is 13.4. The SMILES string of the molecule is C=CCn1c(C)c(C)c(S(=O)(=O)c2ccc(C)cc2)c1NC(=O)CCCC. The molecule has 2 aromatic rings. The van der Waals surface area contributed by atoms with Crippen LogP contribution in [0.15, 0.2) is 46.7 Å². The Balaban J connectivity index is 2.63. The summed E-state index contributed by atoms with van der Waals surface area (Å²) in [6.45, 7) is 11.7. The Morgan fingerprint density at radius 3 is 2.37 bits per heavy atom. The fraction of sp³-hybridized carbons (Fsp3) is 0.381. The highest BCUT2D eigenvalue weighted by Gasteiger charge is 2.30. The van der Waals surface area contributed by atoms with Gasteiger partial charge in [-0.15, -0.1) is 6.58 Å². The molecule has 0 bridgehead atoms. The second kappa shape index (κ2) is 8.57. The first-order valence-electron chi connectivity index (χ1n) is 9.16. The van der Waals surface area contributed by atoms with E-state index in [1.54, 1.807) is 41.8 Å². The first-order valence-corrected chi connectivity index (χ1v) is 10.6. The van der Waals surface area contributed by atoms with Crippen LogP contribution in [0.2, 0.25) is 0 Å². The predicted octanol–water partition coefficient (Wildman–Crippen LogP) is 4.56. The summed E-state index contributed by atoms with van der Waals surface area (Å²) in [4.78, 5) is 12.7. The van der Waals surface area contributed by atoms with Gasteiger partial charge >= 0.3 is 0 Å². The highest BCUT2D eigenvalue weighted by molar-refractivity contribution is 7.91. The first-order chi connectivity index (χ1) is 12.7. The van der Waals surface area contributed by atoms with Crippen molar-refractivity contribution in [1.82, 2.24) is 4.57 Å². The number of aromatic nitrogens is 1. The van der Waals surface area contributed by atoms with Crippen molar-refractivity contribution >= 4 is 21.6 Å². The molecule has 0 radical (unpaired) electrons. The molecule has 0 spiro atoms. The fourth-order valence-corrected chi connectivity index (χ4v) is 4.71. The third kappa shape index (κ3) is 4.33. The zero-order valence-electron chi connectivity index (χ0n) is 16.5. The van der Waals surface area contributed by atoms with Gasteiger partial charge in [0.25, 0.3) is 0 Å². The zero-order chi connectivity index (χ0) is 20.2. The van der Waals surface area contributed by atoms with Crippen LogP contribution in [-0.2, 0) is 21.2 Å². The van der Waals surface area contributed by atoms with Crippen LogP contribution in [0.4, 0.5) is 5.82 Å². The second-order valence-corrected chi connectivity index (χ2v) is 8.64. The lowest BCUT2D eigenvalue weighted by Gasteiger charge is -2.13. The number of amides is 1. The van der Waals surface area contributed by atoms with Crippen LogP contribution >= 0.6 is 0 Å². The van der Waals surface area contributed by atoms with Crippen molar-refractivity contribution in [2.45, 2.75) is 63.3 Å². The lowest BCUT2D eigenvalue weighted by Crippen LogP contribution is -2.17. The van der Waals surface area contributed by atoms with Crippen LogP contribution < -0.4 is 5.32 Å². The van der Waals surface area contributed by atoms with Crippen molar-refractivity contribution in [2.24, 2.45) is 0 Å². The topological polar surface area (TPSA) is 68.2 Å². The number of aryl methyl sites for hydroxylation is 1. The van der Waals surface area contributed by atoms with Gasteiger partial charge in [-0.2, -0.15) is 0 Å². The highest BCUT2D eigenvalue weighted by atomic mass is 32.2. The number of rotatable bonds is 8. The Labute approximate surface area is 162 Å². The van der Waals surface area contributed by atoms with Crippen LogP contribution in [0.3, 0.4) is 0 Å². The standard InChI is InChI=1S/C21H28N2O3S/c1-6-8-9-19(24)22-21-20(16(4)17(5)23(21)14-7-2)27(25,26)18-12-10-15(3)11-13-18/h7,10-13H,2,6,8-9,14H2,1,3-5H3,(H,22,24). The number of hydrogen-bond donors (Lipinski definition) is 1. The van der Waals surface area contributed by atoms with E-state index in [4.69, 9.17) is 0 Å². The van der Waals surface area contributed by atoms with E-state index < -0.39 is 9.84 Å². The smallest absolute Gasteiger partial charge is 0.225 e. The van der Waals surface area contributed by atoms with Crippen LogP contribution in [0, 0.1) is 20.8 Å². The van der Waals surface area contributed by atoms with E-state index in [0.29, 0.717) is 24.3 Å². The van der Waals surface area contributed by atoms with Gasteiger partial charge in [-0.05, 0) is 44.9 Å². The molecule has 1 aromatic carbocycles. The van der Waals surface area contributed by atoms with E-state index in [1.165, 1.54) is 0 Å². The quantitative estimate of drug-likeness (QED) is 0.674. The number of benzene rings is 1. The number of anilines is 1. The van der Waals surface area contributed by atoms with Gasteiger partial charge in [-0.3, -0.25) is 4.79 Å². The molecular formula is C21H28N2O3S. The Bertz CT molecular complexity index is 939. The van der Waals surface area contributed by atoms with E-state index in [2.05, 4.69) is 11.9 Å². The molecule has 27 heavy (non-hydrogen) atoms. The molecule has 0 aliphatic heterocycles. The van der Waals surface area contributed by atoms with Gasteiger partial charge in [-0.25, -0.2) is 8.42 Å². The number of hydrogen-bond acceptors (Lipinski definition) is 3. The number of carbonyl (C=O) groups is 1. The number of sulfone groups is 1. The average Bonchev–Trinajstić information content (AvgIpc) is 2.85. The zero-order valence-corrected chi connectivity index (χ0v) is 17.3. The second-order valence-electron chi connectivity index (χ2n) is 6.76. The number of carbonyl (C=O) groups excluding carboxylic acids is 1. The molecule has 146 valence electrons. The van der Waals surface area contributed by atoms with E-state index >= 15 is 0 Å². The molecule has 0 saturated heterocycles. The molecule has 5 nitrogen and oxygen atoms in total. The van der Waals surface area contributed by atoms with Crippen molar-refractivity contribution < 1.29 is 13.2 Å². The van der Waals surface area contributed by atoms with Crippen molar-refractivity contribution in [2.75, 3.05) is 5.32 Å². The third-order valence-corrected chi connectivity index (χ3v) is 6.63. The number of allylic oxidation sites excluding steroid dienone is 1. The van der Waals surface area contributed by atoms with Gasteiger partial charge in [0.05, 0.1) is 4.90 Å². The normalized spacial score (nSPS) is 11.4. The van der Waals surface area contributed by atoms with E-state index in [1.807, 2.05) is 20.8 Å². The molecule has 0 unspecified atom stereocenters. The monoisotopic (exact) mass is 388 g/mol. The third-order valence-electron chi connectivity index (χ3n) is 4.70. The van der Waals surface area contributed by atoms with E-state index in [9.17, 15) is 13.2 Å². The minimum atomic E-state index is -3.77. The predicted molar refractivity (Wildman–Crippen MR) is 109 cm³/mol. The highest BCUT2D eigenvalue weighted by Crippen LogP contribution is 2.35. The summed E-state index contributed by atoms with van der Waals surface area (Å²) in [6.07, 6.45) is 3.70. The summed E-state index contributed by atoms with van der Waals surface area (Å²) < 4.78 is 28.5. The molecule has 6 heteroatoms. The fourth-order valence-electron chi connectivity index (χ4n) is 3.01. The molecule has 2 rings (SSSR count). The minimum Gasteiger partial charge on any atom is -0.327 e. The maximum atomic E-state index is 13.4. The molecule has 1 heterocycles. The van der Waals surface area contributed by atoms with Crippen LogP contribution in [-0.4, -0.2) is 18.9 Å². The maximum Gasteiger partial charge on any atom is 0.225 e. The average molecular weight is 389 g/mol. The summed E-state index contributed by atoms with van der Waals surface area (Å²) in [6, 6.07) is 6.75.